The minimum atomic E-state index is -3.90. The Hall–Kier alpha value is -2.78. The summed E-state index contributed by atoms with van der Waals surface area (Å²) in [6, 6.07) is 9.50. The first kappa shape index (κ1) is 18.0. The number of anilines is 1. The third kappa shape index (κ3) is 3.73. The Bertz CT molecular complexity index is 942. The molecule has 1 amide bonds. The Morgan fingerprint density at radius 3 is 2.31 bits per heavy atom. The highest BCUT2D eigenvalue weighted by atomic mass is 32.2. The first-order valence-corrected chi connectivity index (χ1v) is 9.16. The van der Waals surface area contributed by atoms with Crippen LogP contribution in [-0.4, -0.2) is 38.0 Å². The number of rotatable bonds is 5. The summed E-state index contributed by atoms with van der Waals surface area (Å²) < 4.78 is 40.3. The maximum Gasteiger partial charge on any atom is 0.335 e. The van der Waals surface area contributed by atoms with Crippen molar-refractivity contribution in [3.05, 3.63) is 59.9 Å². The molecule has 9 heteroatoms. The summed E-state index contributed by atoms with van der Waals surface area (Å²) >= 11 is 0. The van der Waals surface area contributed by atoms with Gasteiger partial charge in [-0.3, -0.25) is 4.79 Å². The van der Waals surface area contributed by atoms with Crippen LogP contribution in [0, 0.1) is 5.82 Å². The number of hydrogen-bond acceptors (Lipinski definition) is 4. The number of amides is 1. The van der Waals surface area contributed by atoms with E-state index in [0.717, 1.165) is 0 Å². The van der Waals surface area contributed by atoms with Gasteiger partial charge in [0.15, 0.2) is 0 Å². The van der Waals surface area contributed by atoms with Crippen molar-refractivity contribution in [3.63, 3.8) is 0 Å². The Balaban J connectivity index is 1.73. The van der Waals surface area contributed by atoms with Crippen molar-refractivity contribution >= 4 is 27.6 Å². The highest BCUT2D eigenvalue weighted by Crippen LogP contribution is 2.23. The standard InChI is InChI=1S/C17H15FN2O5S/c18-12-3-5-14(6-4-12)20-10-13(9-16(20)21)19-26(24,25)15-7-1-11(2-8-15)17(22)23/h1-8,13,19H,9-10H2,(H,22,23). The number of sulfonamides is 1. The van der Waals surface area contributed by atoms with Crippen LogP contribution in [0.1, 0.15) is 16.8 Å². The number of benzene rings is 2. The van der Waals surface area contributed by atoms with Gasteiger partial charge in [0.05, 0.1) is 10.5 Å². The van der Waals surface area contributed by atoms with E-state index in [1.165, 1.54) is 53.4 Å². The Morgan fingerprint density at radius 2 is 1.73 bits per heavy atom. The zero-order valence-electron chi connectivity index (χ0n) is 13.4. The van der Waals surface area contributed by atoms with Crippen molar-refractivity contribution in [1.82, 2.24) is 4.72 Å². The monoisotopic (exact) mass is 378 g/mol. The second-order valence-electron chi connectivity index (χ2n) is 5.83. The van der Waals surface area contributed by atoms with Gasteiger partial charge in [-0.2, -0.15) is 0 Å². The highest BCUT2D eigenvalue weighted by molar-refractivity contribution is 7.89. The summed E-state index contributed by atoms with van der Waals surface area (Å²) in [7, 11) is -3.90. The fraction of sp³-hybridized carbons (Fsp3) is 0.176. The van der Waals surface area contributed by atoms with Gasteiger partial charge in [-0.25, -0.2) is 22.3 Å². The first-order chi connectivity index (χ1) is 12.3. The fourth-order valence-corrected chi connectivity index (χ4v) is 3.95. The van der Waals surface area contributed by atoms with Gasteiger partial charge in [-0.05, 0) is 48.5 Å². The van der Waals surface area contributed by atoms with Crippen molar-refractivity contribution in [2.24, 2.45) is 0 Å². The summed E-state index contributed by atoms with van der Waals surface area (Å²) in [5.41, 5.74) is 0.464. The lowest BCUT2D eigenvalue weighted by molar-refractivity contribution is -0.117. The van der Waals surface area contributed by atoms with Gasteiger partial charge in [0.1, 0.15) is 5.82 Å². The molecule has 1 aliphatic rings. The molecule has 26 heavy (non-hydrogen) atoms. The van der Waals surface area contributed by atoms with Crippen LogP contribution in [0.25, 0.3) is 0 Å². The molecule has 0 radical (unpaired) electrons. The van der Waals surface area contributed by atoms with Gasteiger partial charge in [0, 0.05) is 24.7 Å². The van der Waals surface area contributed by atoms with E-state index in [-0.39, 0.29) is 29.3 Å². The van der Waals surface area contributed by atoms with Crippen molar-refractivity contribution in [2.45, 2.75) is 17.4 Å². The van der Waals surface area contributed by atoms with Crippen LogP contribution in [0.5, 0.6) is 0 Å². The largest absolute Gasteiger partial charge is 0.478 e. The van der Waals surface area contributed by atoms with Crippen LogP contribution in [0.4, 0.5) is 10.1 Å². The van der Waals surface area contributed by atoms with Crippen molar-refractivity contribution < 1.29 is 27.5 Å². The zero-order valence-corrected chi connectivity index (χ0v) is 14.2. The molecule has 1 aliphatic heterocycles. The van der Waals surface area contributed by atoms with E-state index in [9.17, 15) is 22.4 Å². The summed E-state index contributed by atoms with van der Waals surface area (Å²) in [5.74, 6) is -1.86. The number of carboxylic acid groups (broad SMARTS) is 1. The molecule has 7 nitrogen and oxygen atoms in total. The number of aromatic carboxylic acids is 1. The molecule has 0 bridgehead atoms. The number of nitrogens with one attached hydrogen (secondary N) is 1. The third-order valence-corrected chi connectivity index (χ3v) is 5.53. The van der Waals surface area contributed by atoms with Gasteiger partial charge in [0.2, 0.25) is 15.9 Å². The normalized spacial score (nSPS) is 17.5. The highest BCUT2D eigenvalue weighted by Gasteiger charge is 2.33. The van der Waals surface area contributed by atoms with Gasteiger partial charge in [0.25, 0.3) is 0 Å². The van der Waals surface area contributed by atoms with E-state index in [1.807, 2.05) is 0 Å². The van der Waals surface area contributed by atoms with Gasteiger partial charge < -0.3 is 10.0 Å². The number of carbonyl (C=O) groups excluding carboxylic acids is 1. The molecular weight excluding hydrogens is 363 g/mol. The SMILES string of the molecule is O=C(O)c1ccc(S(=O)(=O)NC2CC(=O)N(c3ccc(F)cc3)C2)cc1. The molecule has 1 saturated heterocycles. The second kappa shape index (κ2) is 6.85. The van der Waals surface area contributed by atoms with Crippen molar-refractivity contribution in [2.75, 3.05) is 11.4 Å². The lowest BCUT2D eigenvalue weighted by Gasteiger charge is -2.17. The van der Waals surface area contributed by atoms with E-state index in [0.29, 0.717) is 5.69 Å². The molecule has 0 saturated carbocycles. The molecule has 0 aliphatic carbocycles. The number of hydrogen-bond donors (Lipinski definition) is 2. The Kier molecular flexibility index (Phi) is 4.75. The van der Waals surface area contributed by atoms with Crippen LogP contribution in [0.2, 0.25) is 0 Å². The van der Waals surface area contributed by atoms with Crippen LogP contribution in [0.3, 0.4) is 0 Å². The van der Waals surface area contributed by atoms with E-state index >= 15 is 0 Å². The molecule has 1 unspecified atom stereocenters. The molecule has 3 rings (SSSR count). The van der Waals surface area contributed by atoms with Crippen molar-refractivity contribution in [3.8, 4) is 0 Å². The van der Waals surface area contributed by atoms with E-state index in [2.05, 4.69) is 4.72 Å². The first-order valence-electron chi connectivity index (χ1n) is 7.68. The predicted octanol–water partition coefficient (Wildman–Crippen LogP) is 1.61. The van der Waals surface area contributed by atoms with E-state index in [4.69, 9.17) is 5.11 Å². The van der Waals surface area contributed by atoms with E-state index in [1.54, 1.807) is 0 Å². The second-order valence-corrected chi connectivity index (χ2v) is 7.55. The van der Waals surface area contributed by atoms with Gasteiger partial charge in [-0.15, -0.1) is 0 Å². The predicted molar refractivity (Wildman–Crippen MR) is 90.9 cm³/mol. The lowest BCUT2D eigenvalue weighted by atomic mass is 10.2. The summed E-state index contributed by atoms with van der Waals surface area (Å²) in [6.07, 6.45) is -0.0240. The molecule has 0 spiro atoms. The number of nitrogens with zero attached hydrogens (tertiary/aromatic N) is 1. The van der Waals surface area contributed by atoms with E-state index < -0.39 is 27.9 Å². The molecule has 2 aromatic carbocycles. The summed E-state index contributed by atoms with van der Waals surface area (Å²) in [6.45, 7) is 0.122. The van der Waals surface area contributed by atoms with Gasteiger partial charge in [-0.1, -0.05) is 0 Å². The van der Waals surface area contributed by atoms with Crippen molar-refractivity contribution in [1.29, 1.82) is 0 Å². The third-order valence-electron chi connectivity index (χ3n) is 4.00. The average molecular weight is 378 g/mol. The number of carbonyl (C=O) groups is 2. The molecule has 1 atom stereocenters. The maximum absolute atomic E-state index is 13.0. The quantitative estimate of drug-likeness (QED) is 0.823. The minimum absolute atomic E-state index is 0.0240. The topological polar surface area (TPSA) is 104 Å². The molecule has 2 aromatic rings. The fourth-order valence-electron chi connectivity index (χ4n) is 2.72. The molecule has 2 N–H and O–H groups in total. The Labute approximate surface area is 149 Å². The van der Waals surface area contributed by atoms with Crippen LogP contribution in [-0.2, 0) is 14.8 Å². The molecule has 0 aromatic heterocycles. The average Bonchev–Trinajstić information content (AvgIpc) is 2.95. The molecular formula is C17H15FN2O5S. The maximum atomic E-state index is 13.0. The summed E-state index contributed by atoms with van der Waals surface area (Å²) in [4.78, 5) is 24.3. The number of halogens is 1. The number of carboxylic acids is 1. The molecule has 136 valence electrons. The Morgan fingerprint density at radius 1 is 1.12 bits per heavy atom. The smallest absolute Gasteiger partial charge is 0.335 e. The zero-order chi connectivity index (χ0) is 18.9. The summed E-state index contributed by atoms with van der Waals surface area (Å²) in [5, 5.41) is 8.86. The molecule has 1 heterocycles. The lowest BCUT2D eigenvalue weighted by Crippen LogP contribution is -2.37. The van der Waals surface area contributed by atoms with Crippen LogP contribution in [0.15, 0.2) is 53.4 Å². The van der Waals surface area contributed by atoms with Gasteiger partial charge >= 0.3 is 5.97 Å². The van der Waals surface area contributed by atoms with Crippen LogP contribution < -0.4 is 9.62 Å². The minimum Gasteiger partial charge on any atom is -0.478 e. The van der Waals surface area contributed by atoms with Crippen LogP contribution >= 0.6 is 0 Å². The molecule has 1 fully saturated rings.